The number of aliphatic hydroxyl groups excluding tert-OH is 1. The number of aryl methyl sites for hydroxylation is 1. The van der Waals surface area contributed by atoms with Crippen molar-refractivity contribution in [3.8, 4) is 0 Å². The normalized spacial score (nSPS) is 13.0. The van der Waals surface area contributed by atoms with Crippen LogP contribution in [0.5, 0.6) is 0 Å². The number of rotatable bonds is 7. The molecule has 0 radical (unpaired) electrons. The molecule has 0 aliphatic rings. The largest absolute Gasteiger partial charge is 0.468 e. The monoisotopic (exact) mass is 229 g/mol. The van der Waals surface area contributed by atoms with Gasteiger partial charge in [-0.25, -0.2) is 0 Å². The Kier molecular flexibility index (Phi) is 5.83. The lowest BCUT2D eigenvalue weighted by Gasteiger charge is -2.11. The van der Waals surface area contributed by atoms with Gasteiger partial charge in [0.25, 0.3) is 0 Å². The fourth-order valence-electron chi connectivity index (χ4n) is 1.27. The highest BCUT2D eigenvalue weighted by Gasteiger charge is 2.05. The average Bonchev–Trinajstić information content (AvgIpc) is 2.65. The molecule has 1 rings (SSSR count). The topological polar surface area (TPSA) is 45.4 Å². The van der Waals surface area contributed by atoms with Crippen LogP contribution in [0.3, 0.4) is 0 Å². The Morgan fingerprint density at radius 1 is 1.60 bits per heavy atom. The number of furan rings is 1. The van der Waals surface area contributed by atoms with E-state index >= 15 is 0 Å². The number of hydrogen-bond acceptors (Lipinski definition) is 4. The minimum absolute atomic E-state index is 0.205. The molecule has 86 valence electrons. The van der Waals surface area contributed by atoms with Crippen LogP contribution in [0.15, 0.2) is 16.7 Å². The van der Waals surface area contributed by atoms with Gasteiger partial charge in [0.2, 0.25) is 0 Å². The van der Waals surface area contributed by atoms with Crippen molar-refractivity contribution in [1.82, 2.24) is 5.32 Å². The predicted molar refractivity (Wildman–Crippen MR) is 64.2 cm³/mol. The summed E-state index contributed by atoms with van der Waals surface area (Å²) in [7, 11) is 1.88. The van der Waals surface area contributed by atoms with Gasteiger partial charge in [-0.05, 0) is 37.8 Å². The van der Waals surface area contributed by atoms with Crippen LogP contribution >= 0.6 is 11.8 Å². The molecule has 0 saturated heterocycles. The number of hydrogen-bond donors (Lipinski definition) is 2. The van der Waals surface area contributed by atoms with Gasteiger partial charge in [-0.3, -0.25) is 0 Å². The second kappa shape index (κ2) is 6.93. The van der Waals surface area contributed by atoms with Crippen molar-refractivity contribution in [1.29, 1.82) is 0 Å². The van der Waals surface area contributed by atoms with Crippen LogP contribution in [-0.4, -0.2) is 30.6 Å². The smallest absolute Gasteiger partial charge is 0.116 e. The molecule has 0 aromatic carbocycles. The molecule has 1 unspecified atom stereocenters. The zero-order valence-corrected chi connectivity index (χ0v) is 10.1. The molecule has 0 amide bonds. The third-order valence-corrected chi connectivity index (χ3v) is 3.43. The van der Waals surface area contributed by atoms with E-state index < -0.39 is 0 Å². The molecule has 4 heteroatoms. The Labute approximate surface area is 95.2 Å². The second-order valence-electron chi connectivity index (χ2n) is 3.54. The molecule has 0 aliphatic heterocycles. The molecule has 1 atom stereocenters. The number of thioether (sulfide) groups is 1. The standard InChI is InChI=1S/C11H19NO2S/c1-9-3-5-14-11(9)8-15-6-4-10(7-13)12-2/h3,5,10,12-13H,4,6-8H2,1-2H3. The van der Waals surface area contributed by atoms with Gasteiger partial charge in [-0.2, -0.15) is 11.8 Å². The van der Waals surface area contributed by atoms with Gasteiger partial charge >= 0.3 is 0 Å². The van der Waals surface area contributed by atoms with Gasteiger partial charge in [0.1, 0.15) is 5.76 Å². The molecule has 0 aliphatic carbocycles. The molecule has 1 aromatic rings. The number of likely N-dealkylation sites (N-methyl/N-ethyl adjacent to an activating group) is 1. The summed E-state index contributed by atoms with van der Waals surface area (Å²) in [5.41, 5.74) is 1.22. The maximum atomic E-state index is 8.96. The lowest BCUT2D eigenvalue weighted by Crippen LogP contribution is -2.29. The van der Waals surface area contributed by atoms with Gasteiger partial charge in [-0.1, -0.05) is 0 Å². The van der Waals surface area contributed by atoms with E-state index in [0.717, 1.165) is 23.7 Å². The Morgan fingerprint density at radius 3 is 2.93 bits per heavy atom. The van der Waals surface area contributed by atoms with Crippen molar-refractivity contribution in [2.75, 3.05) is 19.4 Å². The SMILES string of the molecule is CNC(CO)CCSCc1occc1C. The molecular weight excluding hydrogens is 210 g/mol. The zero-order valence-electron chi connectivity index (χ0n) is 9.32. The van der Waals surface area contributed by atoms with Gasteiger partial charge < -0.3 is 14.8 Å². The van der Waals surface area contributed by atoms with E-state index in [-0.39, 0.29) is 12.6 Å². The summed E-state index contributed by atoms with van der Waals surface area (Å²) in [5, 5.41) is 12.0. The van der Waals surface area contributed by atoms with Crippen molar-refractivity contribution in [2.24, 2.45) is 0 Å². The van der Waals surface area contributed by atoms with Crippen LogP contribution in [0.4, 0.5) is 0 Å². The predicted octanol–water partition coefficient (Wildman–Crippen LogP) is 1.79. The van der Waals surface area contributed by atoms with Crippen LogP contribution in [0.1, 0.15) is 17.7 Å². The molecule has 0 bridgehead atoms. The molecule has 1 aromatic heterocycles. The Balaban J connectivity index is 2.14. The van der Waals surface area contributed by atoms with Gasteiger partial charge in [0, 0.05) is 6.04 Å². The molecule has 2 N–H and O–H groups in total. The molecule has 0 spiro atoms. The van der Waals surface area contributed by atoms with Crippen molar-refractivity contribution in [2.45, 2.75) is 25.1 Å². The quantitative estimate of drug-likeness (QED) is 0.700. The first kappa shape index (κ1) is 12.6. The van der Waals surface area contributed by atoms with Crippen LogP contribution in [0.25, 0.3) is 0 Å². The van der Waals surface area contributed by atoms with E-state index in [1.165, 1.54) is 5.56 Å². The lowest BCUT2D eigenvalue weighted by atomic mass is 10.2. The summed E-state index contributed by atoms with van der Waals surface area (Å²) < 4.78 is 5.34. The van der Waals surface area contributed by atoms with Gasteiger partial charge in [0.15, 0.2) is 0 Å². The zero-order chi connectivity index (χ0) is 11.1. The third-order valence-electron chi connectivity index (χ3n) is 2.44. The van der Waals surface area contributed by atoms with E-state index in [1.54, 1.807) is 6.26 Å². The fraction of sp³-hybridized carbons (Fsp3) is 0.636. The first-order chi connectivity index (χ1) is 7.27. The maximum absolute atomic E-state index is 8.96. The van der Waals surface area contributed by atoms with Crippen molar-refractivity contribution < 1.29 is 9.52 Å². The molecule has 0 fully saturated rings. The van der Waals surface area contributed by atoms with Crippen molar-refractivity contribution in [3.63, 3.8) is 0 Å². The summed E-state index contributed by atoms with van der Waals surface area (Å²) in [4.78, 5) is 0. The maximum Gasteiger partial charge on any atom is 0.116 e. The summed E-state index contributed by atoms with van der Waals surface area (Å²) in [5.74, 6) is 3.01. The van der Waals surface area contributed by atoms with Crippen molar-refractivity contribution in [3.05, 3.63) is 23.7 Å². The van der Waals surface area contributed by atoms with Crippen LogP contribution < -0.4 is 5.32 Å². The van der Waals surface area contributed by atoms with Gasteiger partial charge in [-0.15, -0.1) is 0 Å². The lowest BCUT2D eigenvalue weighted by molar-refractivity contribution is 0.246. The highest BCUT2D eigenvalue weighted by atomic mass is 32.2. The van der Waals surface area contributed by atoms with E-state index in [9.17, 15) is 0 Å². The Morgan fingerprint density at radius 2 is 2.40 bits per heavy atom. The van der Waals surface area contributed by atoms with Gasteiger partial charge in [0.05, 0.1) is 18.6 Å². The molecule has 3 nitrogen and oxygen atoms in total. The summed E-state index contributed by atoms with van der Waals surface area (Å²) in [6.45, 7) is 2.26. The van der Waals surface area contributed by atoms with Crippen LogP contribution in [-0.2, 0) is 5.75 Å². The molecule has 15 heavy (non-hydrogen) atoms. The van der Waals surface area contributed by atoms with E-state index in [4.69, 9.17) is 9.52 Å². The van der Waals surface area contributed by atoms with Crippen LogP contribution in [0.2, 0.25) is 0 Å². The minimum Gasteiger partial charge on any atom is -0.468 e. The Hall–Kier alpha value is -0.450. The number of nitrogens with one attached hydrogen (secondary N) is 1. The highest BCUT2D eigenvalue weighted by molar-refractivity contribution is 7.98. The molecule has 1 heterocycles. The number of aliphatic hydroxyl groups is 1. The second-order valence-corrected chi connectivity index (χ2v) is 4.64. The average molecular weight is 229 g/mol. The first-order valence-electron chi connectivity index (χ1n) is 5.16. The van der Waals surface area contributed by atoms with E-state index in [1.807, 2.05) is 24.9 Å². The van der Waals surface area contributed by atoms with Crippen molar-refractivity contribution >= 4 is 11.8 Å². The van der Waals surface area contributed by atoms with E-state index in [0.29, 0.717) is 0 Å². The highest BCUT2D eigenvalue weighted by Crippen LogP contribution is 2.17. The fourth-order valence-corrected chi connectivity index (χ4v) is 2.35. The third kappa shape index (κ3) is 4.28. The minimum atomic E-state index is 0.205. The van der Waals surface area contributed by atoms with Crippen LogP contribution in [0, 0.1) is 6.92 Å². The summed E-state index contributed by atoms with van der Waals surface area (Å²) >= 11 is 1.84. The molecular formula is C11H19NO2S. The Bertz CT molecular complexity index is 271. The summed E-state index contributed by atoms with van der Waals surface area (Å²) in [6, 6.07) is 2.20. The molecule has 0 saturated carbocycles. The summed E-state index contributed by atoms with van der Waals surface area (Å²) in [6.07, 6.45) is 2.72. The first-order valence-corrected chi connectivity index (χ1v) is 6.32. The van der Waals surface area contributed by atoms with E-state index in [2.05, 4.69) is 12.2 Å².